The van der Waals surface area contributed by atoms with Gasteiger partial charge >= 0.3 is 0 Å². The molecule has 1 aliphatic carbocycles. The van der Waals surface area contributed by atoms with Gasteiger partial charge in [-0.05, 0) is 68.7 Å². The lowest BCUT2D eigenvalue weighted by molar-refractivity contribution is 0.111. The summed E-state index contributed by atoms with van der Waals surface area (Å²) in [7, 11) is 0. The van der Waals surface area contributed by atoms with Gasteiger partial charge in [-0.25, -0.2) is 0 Å². The van der Waals surface area contributed by atoms with Crippen LogP contribution < -0.4 is 10.6 Å². The molecule has 4 nitrogen and oxygen atoms in total. The van der Waals surface area contributed by atoms with Crippen molar-refractivity contribution < 1.29 is 0 Å². The second-order valence-corrected chi connectivity index (χ2v) is 7.88. The maximum absolute atomic E-state index is 4.41. The lowest BCUT2D eigenvalue weighted by Crippen LogP contribution is -2.44. The molecule has 0 amide bonds. The van der Waals surface area contributed by atoms with Crippen LogP contribution in [0.4, 0.5) is 0 Å². The molecule has 2 fully saturated rings. The summed E-state index contributed by atoms with van der Waals surface area (Å²) in [6.07, 6.45) is 12.0. The molecule has 1 atom stereocenters. The van der Waals surface area contributed by atoms with Gasteiger partial charge in [0.05, 0.1) is 12.6 Å². The van der Waals surface area contributed by atoms with Gasteiger partial charge < -0.3 is 10.6 Å². The molecule has 2 N–H and O–H groups in total. The summed E-state index contributed by atoms with van der Waals surface area (Å²) in [5.74, 6) is 0. The number of piperidine rings is 1. The number of benzene rings is 1. The summed E-state index contributed by atoms with van der Waals surface area (Å²) in [5.41, 5.74) is 1.99. The van der Waals surface area contributed by atoms with Crippen LogP contribution >= 0.6 is 0 Å². The number of nitrogens with zero attached hydrogens (tertiary/aromatic N) is 2. The summed E-state index contributed by atoms with van der Waals surface area (Å²) in [6.45, 7) is 3.32. The summed E-state index contributed by atoms with van der Waals surface area (Å²) in [5, 5.41) is 11.9. The number of rotatable bonds is 5. The van der Waals surface area contributed by atoms with Gasteiger partial charge in [-0.2, -0.15) is 5.10 Å². The van der Waals surface area contributed by atoms with E-state index in [2.05, 4.69) is 52.3 Å². The van der Waals surface area contributed by atoms with Crippen LogP contribution in [0, 0.1) is 5.41 Å². The first-order valence-electron chi connectivity index (χ1n) is 9.82. The minimum atomic E-state index is 0.327. The normalized spacial score (nSPS) is 22.1. The Hall–Kier alpha value is -1.65. The minimum Gasteiger partial charge on any atom is -0.317 e. The van der Waals surface area contributed by atoms with Gasteiger partial charge in [0.15, 0.2) is 0 Å². The number of hydrogen-bond donors (Lipinski definition) is 2. The first-order chi connectivity index (χ1) is 12.3. The highest BCUT2D eigenvalue weighted by atomic mass is 15.3. The van der Waals surface area contributed by atoms with Gasteiger partial charge in [0.25, 0.3) is 0 Å². The van der Waals surface area contributed by atoms with Crippen LogP contribution in [0.5, 0.6) is 0 Å². The quantitative estimate of drug-likeness (QED) is 0.876. The van der Waals surface area contributed by atoms with E-state index in [1.54, 1.807) is 0 Å². The number of aromatic nitrogens is 2. The Bertz CT molecular complexity index is 621. The second-order valence-electron chi connectivity index (χ2n) is 7.88. The van der Waals surface area contributed by atoms with Crippen LogP contribution in [-0.4, -0.2) is 28.9 Å². The Morgan fingerprint density at radius 1 is 1.08 bits per heavy atom. The molecule has 1 saturated heterocycles. The molecule has 4 heteroatoms. The molecule has 4 rings (SSSR count). The third-order valence-electron chi connectivity index (χ3n) is 6.28. The van der Waals surface area contributed by atoms with Crippen LogP contribution in [0.15, 0.2) is 48.8 Å². The molecule has 1 saturated carbocycles. The monoisotopic (exact) mass is 338 g/mol. The average molecular weight is 338 g/mol. The summed E-state index contributed by atoms with van der Waals surface area (Å²) >= 11 is 0. The molecule has 1 spiro atoms. The highest BCUT2D eigenvalue weighted by Crippen LogP contribution is 2.43. The Labute approximate surface area is 151 Å². The molecule has 1 aromatic carbocycles. The van der Waals surface area contributed by atoms with Crippen molar-refractivity contribution >= 4 is 0 Å². The molecule has 2 aromatic rings. The minimum absolute atomic E-state index is 0.327. The first-order valence-corrected chi connectivity index (χ1v) is 9.82. The lowest BCUT2D eigenvalue weighted by Gasteiger charge is -2.44. The van der Waals surface area contributed by atoms with E-state index < -0.39 is 0 Å². The number of nitrogens with one attached hydrogen (secondary N) is 2. The van der Waals surface area contributed by atoms with E-state index in [0.717, 1.165) is 6.54 Å². The molecule has 1 aliphatic heterocycles. The fourth-order valence-electron chi connectivity index (χ4n) is 4.67. The zero-order chi connectivity index (χ0) is 17.0. The molecule has 0 radical (unpaired) electrons. The smallest absolute Gasteiger partial charge is 0.0604 e. The van der Waals surface area contributed by atoms with E-state index in [0.29, 0.717) is 17.5 Å². The van der Waals surface area contributed by atoms with E-state index in [1.807, 2.05) is 16.9 Å². The molecule has 25 heavy (non-hydrogen) atoms. The Morgan fingerprint density at radius 3 is 2.52 bits per heavy atom. The van der Waals surface area contributed by atoms with Gasteiger partial charge in [-0.1, -0.05) is 30.3 Å². The first kappa shape index (κ1) is 16.8. The molecule has 0 bridgehead atoms. The van der Waals surface area contributed by atoms with Gasteiger partial charge in [0.1, 0.15) is 0 Å². The summed E-state index contributed by atoms with van der Waals surface area (Å²) in [4.78, 5) is 0. The van der Waals surface area contributed by atoms with E-state index in [9.17, 15) is 0 Å². The Kier molecular flexibility index (Phi) is 5.18. The largest absolute Gasteiger partial charge is 0.317 e. The SMILES string of the molecule is c1ccc(C(Cn2cccn2)NC2CCC3(CCNCC3)CC2)cc1. The van der Waals surface area contributed by atoms with Crippen LogP contribution in [0.3, 0.4) is 0 Å². The van der Waals surface area contributed by atoms with Crippen LogP contribution in [0.1, 0.15) is 50.1 Å². The van der Waals surface area contributed by atoms with Crippen molar-refractivity contribution in [1.29, 1.82) is 0 Å². The van der Waals surface area contributed by atoms with Crippen LogP contribution in [0.25, 0.3) is 0 Å². The van der Waals surface area contributed by atoms with Crippen LogP contribution in [-0.2, 0) is 6.54 Å². The van der Waals surface area contributed by atoms with Crippen molar-refractivity contribution in [2.45, 2.75) is 57.2 Å². The predicted octanol–water partition coefficient (Wildman–Crippen LogP) is 3.53. The third kappa shape index (κ3) is 4.13. The maximum Gasteiger partial charge on any atom is 0.0604 e. The average Bonchev–Trinajstić information content (AvgIpc) is 3.18. The summed E-state index contributed by atoms with van der Waals surface area (Å²) in [6, 6.07) is 13.8. The molecular weight excluding hydrogens is 308 g/mol. The molecule has 2 heterocycles. The maximum atomic E-state index is 4.41. The van der Waals surface area contributed by atoms with E-state index in [1.165, 1.54) is 57.2 Å². The van der Waals surface area contributed by atoms with E-state index in [4.69, 9.17) is 0 Å². The van der Waals surface area contributed by atoms with Crippen molar-refractivity contribution in [3.8, 4) is 0 Å². The van der Waals surface area contributed by atoms with Crippen molar-refractivity contribution in [3.63, 3.8) is 0 Å². The molecule has 134 valence electrons. The lowest BCUT2D eigenvalue weighted by atomic mass is 9.67. The molecular formula is C21H30N4. The number of hydrogen-bond acceptors (Lipinski definition) is 3. The van der Waals surface area contributed by atoms with Crippen molar-refractivity contribution in [2.24, 2.45) is 5.41 Å². The predicted molar refractivity (Wildman–Crippen MR) is 101 cm³/mol. The molecule has 2 aliphatic rings. The topological polar surface area (TPSA) is 41.9 Å². The van der Waals surface area contributed by atoms with Gasteiger partial charge in [0.2, 0.25) is 0 Å². The van der Waals surface area contributed by atoms with Crippen LogP contribution in [0.2, 0.25) is 0 Å². The van der Waals surface area contributed by atoms with Crippen molar-refractivity contribution in [1.82, 2.24) is 20.4 Å². The second kappa shape index (κ2) is 7.71. The standard InChI is InChI=1S/C21H30N4/c1-2-5-18(6-3-1)20(17-25-16-4-13-23-25)24-19-7-9-21(10-8-19)11-14-22-15-12-21/h1-6,13,16,19-20,22,24H,7-12,14-15,17H2. The highest BCUT2D eigenvalue weighted by molar-refractivity contribution is 5.19. The van der Waals surface area contributed by atoms with E-state index >= 15 is 0 Å². The summed E-state index contributed by atoms with van der Waals surface area (Å²) < 4.78 is 2.04. The fourth-order valence-corrected chi connectivity index (χ4v) is 4.67. The van der Waals surface area contributed by atoms with Crippen molar-refractivity contribution in [3.05, 3.63) is 54.4 Å². The van der Waals surface area contributed by atoms with Gasteiger partial charge in [0, 0.05) is 18.4 Å². The zero-order valence-electron chi connectivity index (χ0n) is 15.0. The Morgan fingerprint density at radius 2 is 1.84 bits per heavy atom. The third-order valence-corrected chi connectivity index (χ3v) is 6.28. The van der Waals surface area contributed by atoms with Gasteiger partial charge in [-0.15, -0.1) is 0 Å². The molecule has 1 aromatic heterocycles. The highest BCUT2D eigenvalue weighted by Gasteiger charge is 2.36. The van der Waals surface area contributed by atoms with E-state index in [-0.39, 0.29) is 0 Å². The zero-order valence-corrected chi connectivity index (χ0v) is 15.0. The van der Waals surface area contributed by atoms with Gasteiger partial charge in [-0.3, -0.25) is 4.68 Å². The fraction of sp³-hybridized carbons (Fsp3) is 0.571. The Balaban J connectivity index is 1.40. The van der Waals surface area contributed by atoms with Crippen molar-refractivity contribution in [2.75, 3.05) is 13.1 Å². The molecule has 1 unspecified atom stereocenters.